The molecule has 0 saturated carbocycles. The van der Waals surface area contributed by atoms with E-state index in [2.05, 4.69) is 28.9 Å². The van der Waals surface area contributed by atoms with Crippen LogP contribution in [-0.2, 0) is 6.42 Å². The van der Waals surface area contributed by atoms with Crippen molar-refractivity contribution in [2.45, 2.75) is 13.3 Å². The topological polar surface area (TPSA) is 42.2 Å². The second-order valence-corrected chi connectivity index (χ2v) is 5.02. The molecule has 0 atom stereocenters. The number of benzene rings is 2. The fourth-order valence-electron chi connectivity index (χ4n) is 1.83. The predicted octanol–water partition coefficient (Wildman–Crippen LogP) is 4.68. The lowest BCUT2D eigenvalue weighted by Gasteiger charge is -2.12. The molecule has 3 nitrogen and oxygen atoms in total. The van der Waals surface area contributed by atoms with E-state index in [4.69, 9.17) is 9.47 Å². The Labute approximate surface area is 126 Å². The molecule has 0 fully saturated rings. The summed E-state index contributed by atoms with van der Waals surface area (Å²) in [7, 11) is 1.60. The Balaban J connectivity index is 2.40. The molecule has 0 N–H and O–H groups in total. The fraction of sp³-hybridized carbons (Fsp3) is 0.188. The standard InChI is InChI=1S/C16H14BrNO2/c1-3-11-7-8-15(16(9-11)19-2)20-14-6-4-5-13(17)12(14)10-18/h4-9H,3H2,1-2H3. The fourth-order valence-corrected chi connectivity index (χ4v) is 2.27. The van der Waals surface area contributed by atoms with Gasteiger partial charge in [-0.05, 0) is 52.2 Å². The van der Waals surface area contributed by atoms with Crippen LogP contribution >= 0.6 is 15.9 Å². The summed E-state index contributed by atoms with van der Waals surface area (Å²) in [5, 5.41) is 9.19. The minimum atomic E-state index is 0.467. The number of aryl methyl sites for hydroxylation is 1. The highest BCUT2D eigenvalue weighted by atomic mass is 79.9. The first-order chi connectivity index (χ1) is 9.69. The van der Waals surface area contributed by atoms with Gasteiger partial charge in [-0.15, -0.1) is 0 Å². The van der Waals surface area contributed by atoms with Crippen LogP contribution in [-0.4, -0.2) is 7.11 Å². The third kappa shape index (κ3) is 2.94. The van der Waals surface area contributed by atoms with Gasteiger partial charge in [0.25, 0.3) is 0 Å². The summed E-state index contributed by atoms with van der Waals surface area (Å²) < 4.78 is 11.9. The molecule has 0 aliphatic rings. The van der Waals surface area contributed by atoms with Crippen molar-refractivity contribution in [3.8, 4) is 23.3 Å². The van der Waals surface area contributed by atoms with Crippen molar-refractivity contribution in [1.29, 1.82) is 5.26 Å². The van der Waals surface area contributed by atoms with Gasteiger partial charge in [0.15, 0.2) is 11.5 Å². The average Bonchev–Trinajstić information content (AvgIpc) is 2.48. The normalized spacial score (nSPS) is 9.90. The smallest absolute Gasteiger partial charge is 0.169 e. The van der Waals surface area contributed by atoms with E-state index < -0.39 is 0 Å². The van der Waals surface area contributed by atoms with Gasteiger partial charge in [-0.1, -0.05) is 19.1 Å². The second-order valence-electron chi connectivity index (χ2n) is 4.17. The van der Waals surface area contributed by atoms with Crippen molar-refractivity contribution >= 4 is 15.9 Å². The van der Waals surface area contributed by atoms with Crippen molar-refractivity contribution in [2.75, 3.05) is 7.11 Å². The van der Waals surface area contributed by atoms with Crippen molar-refractivity contribution in [3.63, 3.8) is 0 Å². The van der Waals surface area contributed by atoms with Gasteiger partial charge >= 0.3 is 0 Å². The zero-order valence-corrected chi connectivity index (χ0v) is 12.9. The number of rotatable bonds is 4. The molecular weight excluding hydrogens is 318 g/mol. The zero-order valence-electron chi connectivity index (χ0n) is 11.3. The summed E-state index contributed by atoms with van der Waals surface area (Å²) in [5.74, 6) is 1.76. The van der Waals surface area contributed by atoms with E-state index in [-0.39, 0.29) is 0 Å². The average molecular weight is 332 g/mol. The molecular formula is C16H14BrNO2. The van der Waals surface area contributed by atoms with Crippen LogP contribution in [0.3, 0.4) is 0 Å². The molecule has 2 rings (SSSR count). The second kappa shape index (κ2) is 6.44. The summed E-state index contributed by atoms with van der Waals surface area (Å²) in [6.45, 7) is 2.08. The molecule has 0 radical (unpaired) electrons. The molecule has 4 heteroatoms. The van der Waals surface area contributed by atoms with Gasteiger partial charge in [0, 0.05) is 4.47 Å². The molecule has 0 aliphatic heterocycles. The van der Waals surface area contributed by atoms with E-state index in [1.165, 1.54) is 5.56 Å². The number of nitrogens with zero attached hydrogens (tertiary/aromatic N) is 1. The molecule has 0 amide bonds. The number of hydrogen-bond donors (Lipinski definition) is 0. The first-order valence-corrected chi connectivity index (χ1v) is 7.02. The van der Waals surface area contributed by atoms with Crippen molar-refractivity contribution < 1.29 is 9.47 Å². The lowest BCUT2D eigenvalue weighted by atomic mass is 10.1. The summed E-state index contributed by atoms with van der Waals surface area (Å²) >= 11 is 3.35. The Bertz CT molecular complexity index is 662. The van der Waals surface area contributed by atoms with Crippen molar-refractivity contribution in [2.24, 2.45) is 0 Å². The van der Waals surface area contributed by atoms with E-state index in [9.17, 15) is 5.26 Å². The van der Waals surface area contributed by atoms with E-state index in [0.717, 1.165) is 6.42 Å². The van der Waals surface area contributed by atoms with E-state index in [1.807, 2.05) is 30.3 Å². The zero-order chi connectivity index (χ0) is 14.5. The third-order valence-electron chi connectivity index (χ3n) is 2.94. The van der Waals surface area contributed by atoms with Crippen molar-refractivity contribution in [3.05, 3.63) is 52.0 Å². The van der Waals surface area contributed by atoms with Crippen LogP contribution in [0.4, 0.5) is 0 Å². The van der Waals surface area contributed by atoms with Crippen LogP contribution < -0.4 is 9.47 Å². The van der Waals surface area contributed by atoms with Gasteiger partial charge in [-0.3, -0.25) is 0 Å². The van der Waals surface area contributed by atoms with E-state index >= 15 is 0 Å². The molecule has 0 spiro atoms. The Hall–Kier alpha value is -1.99. The van der Waals surface area contributed by atoms with Gasteiger partial charge in [-0.2, -0.15) is 5.26 Å². The maximum atomic E-state index is 9.19. The minimum Gasteiger partial charge on any atom is -0.493 e. The summed E-state index contributed by atoms with van der Waals surface area (Å²) in [5.41, 5.74) is 1.64. The Morgan fingerprint density at radius 1 is 1.15 bits per heavy atom. The number of hydrogen-bond acceptors (Lipinski definition) is 3. The van der Waals surface area contributed by atoms with Crippen molar-refractivity contribution in [1.82, 2.24) is 0 Å². The van der Waals surface area contributed by atoms with Gasteiger partial charge in [0.05, 0.1) is 7.11 Å². The molecule has 0 heterocycles. The van der Waals surface area contributed by atoms with Crippen LogP contribution in [0, 0.1) is 11.3 Å². The maximum absolute atomic E-state index is 9.19. The SMILES string of the molecule is CCc1ccc(Oc2cccc(Br)c2C#N)c(OC)c1. The maximum Gasteiger partial charge on any atom is 0.169 e. The lowest BCUT2D eigenvalue weighted by molar-refractivity contribution is 0.378. The highest BCUT2D eigenvalue weighted by molar-refractivity contribution is 9.10. The molecule has 0 aromatic heterocycles. The van der Waals surface area contributed by atoms with Gasteiger partial charge < -0.3 is 9.47 Å². The van der Waals surface area contributed by atoms with Crippen LogP contribution in [0.5, 0.6) is 17.2 Å². The minimum absolute atomic E-state index is 0.467. The molecule has 0 bridgehead atoms. The number of halogens is 1. The highest BCUT2D eigenvalue weighted by Crippen LogP contribution is 2.35. The molecule has 102 valence electrons. The quantitative estimate of drug-likeness (QED) is 0.816. The Morgan fingerprint density at radius 2 is 1.95 bits per heavy atom. The number of methoxy groups -OCH3 is 1. The number of nitriles is 1. The van der Waals surface area contributed by atoms with Gasteiger partial charge in [0.2, 0.25) is 0 Å². The Kier molecular flexibility index (Phi) is 4.65. The van der Waals surface area contributed by atoms with E-state index in [0.29, 0.717) is 27.3 Å². The molecule has 20 heavy (non-hydrogen) atoms. The van der Waals surface area contributed by atoms with Gasteiger partial charge in [-0.25, -0.2) is 0 Å². The lowest BCUT2D eigenvalue weighted by Crippen LogP contribution is -1.94. The largest absolute Gasteiger partial charge is 0.493 e. The molecule has 0 aliphatic carbocycles. The molecule has 2 aromatic rings. The monoisotopic (exact) mass is 331 g/mol. The highest BCUT2D eigenvalue weighted by Gasteiger charge is 2.11. The molecule has 2 aromatic carbocycles. The number of ether oxygens (including phenoxy) is 2. The molecule has 0 unspecified atom stereocenters. The van der Waals surface area contributed by atoms with Gasteiger partial charge in [0.1, 0.15) is 17.4 Å². The van der Waals surface area contributed by atoms with Crippen LogP contribution in [0.2, 0.25) is 0 Å². The third-order valence-corrected chi connectivity index (χ3v) is 3.60. The Morgan fingerprint density at radius 3 is 2.60 bits per heavy atom. The summed E-state index contributed by atoms with van der Waals surface area (Å²) in [4.78, 5) is 0. The summed E-state index contributed by atoms with van der Waals surface area (Å²) in [6, 6.07) is 13.3. The van der Waals surface area contributed by atoms with Crippen LogP contribution in [0.1, 0.15) is 18.1 Å². The van der Waals surface area contributed by atoms with E-state index in [1.54, 1.807) is 13.2 Å². The van der Waals surface area contributed by atoms with Crippen LogP contribution in [0.15, 0.2) is 40.9 Å². The summed E-state index contributed by atoms with van der Waals surface area (Å²) in [6.07, 6.45) is 0.928. The first-order valence-electron chi connectivity index (χ1n) is 6.23. The predicted molar refractivity (Wildman–Crippen MR) is 81.3 cm³/mol. The van der Waals surface area contributed by atoms with Crippen LogP contribution in [0.25, 0.3) is 0 Å². The molecule has 0 saturated heterocycles. The first kappa shape index (κ1) is 14.4.